The van der Waals surface area contributed by atoms with E-state index in [0.717, 1.165) is 12.2 Å². The Morgan fingerprint density at radius 3 is 2.27 bits per heavy atom. The van der Waals surface area contributed by atoms with Gasteiger partial charge in [0, 0.05) is 12.7 Å². The summed E-state index contributed by atoms with van der Waals surface area (Å²) in [5, 5.41) is 7.03. The number of hydrogen-bond acceptors (Lipinski definition) is 2. The second-order valence-corrected chi connectivity index (χ2v) is 6.71. The minimum absolute atomic E-state index is 0.186. The van der Waals surface area contributed by atoms with Gasteiger partial charge in [-0.15, -0.1) is 0 Å². The Bertz CT molecular complexity index is 600. The lowest BCUT2D eigenvalue weighted by Crippen LogP contribution is -2.34. The van der Waals surface area contributed by atoms with Crippen LogP contribution in [0.1, 0.15) is 37.6 Å². The zero-order chi connectivity index (χ0) is 16.0. The lowest BCUT2D eigenvalue weighted by Gasteiger charge is -2.19. The third-order valence-corrected chi connectivity index (χ3v) is 3.72. The Morgan fingerprint density at radius 1 is 1.00 bits per heavy atom. The van der Waals surface area contributed by atoms with Crippen LogP contribution in [-0.4, -0.2) is 10.1 Å². The smallest absolute Gasteiger partial charge is 0.166 e. The van der Waals surface area contributed by atoms with Crippen molar-refractivity contribution < 1.29 is 0 Å². The summed E-state index contributed by atoms with van der Waals surface area (Å²) < 4.78 is 0. The SMILES string of the molecule is CC(C)(C)c1ccc(CNC(=S)NCc2ccccn2)cc1. The Morgan fingerprint density at radius 2 is 1.68 bits per heavy atom. The molecule has 0 bridgehead atoms. The number of nitrogens with zero attached hydrogens (tertiary/aromatic N) is 1. The van der Waals surface area contributed by atoms with Crippen LogP contribution in [-0.2, 0) is 18.5 Å². The molecule has 2 rings (SSSR count). The van der Waals surface area contributed by atoms with Gasteiger partial charge in [-0.3, -0.25) is 4.98 Å². The molecule has 1 aromatic heterocycles. The van der Waals surface area contributed by atoms with Crippen molar-refractivity contribution in [2.24, 2.45) is 0 Å². The van der Waals surface area contributed by atoms with Gasteiger partial charge in [0.15, 0.2) is 5.11 Å². The standard InChI is InChI=1S/C18H23N3S/c1-18(2,3)15-9-7-14(8-10-15)12-20-17(22)21-13-16-6-4-5-11-19-16/h4-11H,12-13H2,1-3H3,(H2,20,21,22). The number of benzene rings is 1. The number of aromatic nitrogens is 1. The summed E-state index contributed by atoms with van der Waals surface area (Å²) in [4.78, 5) is 4.25. The molecule has 0 aliphatic carbocycles. The van der Waals surface area contributed by atoms with E-state index in [2.05, 4.69) is 60.7 Å². The number of rotatable bonds is 4. The maximum Gasteiger partial charge on any atom is 0.166 e. The fourth-order valence-electron chi connectivity index (χ4n) is 2.04. The molecule has 0 amide bonds. The first-order valence-electron chi connectivity index (χ1n) is 7.46. The lowest BCUT2D eigenvalue weighted by molar-refractivity contribution is 0.590. The van der Waals surface area contributed by atoms with Crippen molar-refractivity contribution >= 4 is 17.3 Å². The van der Waals surface area contributed by atoms with Crippen molar-refractivity contribution in [1.29, 1.82) is 0 Å². The molecule has 1 heterocycles. The van der Waals surface area contributed by atoms with E-state index in [1.807, 2.05) is 18.2 Å². The van der Waals surface area contributed by atoms with Gasteiger partial charge in [-0.25, -0.2) is 0 Å². The maximum atomic E-state index is 5.29. The molecule has 4 heteroatoms. The van der Waals surface area contributed by atoms with E-state index in [-0.39, 0.29) is 5.41 Å². The molecule has 1 aromatic carbocycles. The Balaban J connectivity index is 1.79. The molecule has 0 aliphatic heterocycles. The van der Waals surface area contributed by atoms with Crippen LogP contribution < -0.4 is 10.6 Å². The largest absolute Gasteiger partial charge is 0.359 e. The van der Waals surface area contributed by atoms with E-state index in [9.17, 15) is 0 Å². The van der Waals surface area contributed by atoms with E-state index in [0.29, 0.717) is 11.7 Å². The first-order valence-corrected chi connectivity index (χ1v) is 7.87. The molecule has 0 atom stereocenters. The molecule has 0 fully saturated rings. The fraction of sp³-hybridized carbons (Fsp3) is 0.333. The third-order valence-electron chi connectivity index (χ3n) is 3.43. The molecule has 0 saturated carbocycles. The van der Waals surface area contributed by atoms with Crippen molar-refractivity contribution in [3.8, 4) is 0 Å². The van der Waals surface area contributed by atoms with Crippen LogP contribution in [0, 0.1) is 0 Å². The Kier molecular flexibility index (Phi) is 5.50. The molecule has 0 unspecified atom stereocenters. The molecule has 0 radical (unpaired) electrons. The quantitative estimate of drug-likeness (QED) is 0.847. The van der Waals surface area contributed by atoms with Crippen molar-refractivity contribution in [3.05, 3.63) is 65.5 Å². The predicted molar refractivity (Wildman–Crippen MR) is 95.7 cm³/mol. The normalized spacial score (nSPS) is 11.0. The highest BCUT2D eigenvalue weighted by Gasteiger charge is 2.12. The minimum atomic E-state index is 0.186. The Labute approximate surface area is 138 Å². The van der Waals surface area contributed by atoms with Gasteiger partial charge in [-0.2, -0.15) is 0 Å². The molecule has 0 spiro atoms. The van der Waals surface area contributed by atoms with Gasteiger partial charge in [0.05, 0.1) is 12.2 Å². The van der Waals surface area contributed by atoms with Crippen LogP contribution in [0.5, 0.6) is 0 Å². The van der Waals surface area contributed by atoms with E-state index in [4.69, 9.17) is 12.2 Å². The van der Waals surface area contributed by atoms with Crippen LogP contribution in [0.15, 0.2) is 48.7 Å². The highest BCUT2D eigenvalue weighted by atomic mass is 32.1. The van der Waals surface area contributed by atoms with Crippen molar-refractivity contribution in [2.75, 3.05) is 0 Å². The summed E-state index contributed by atoms with van der Waals surface area (Å²) >= 11 is 5.29. The lowest BCUT2D eigenvalue weighted by atomic mass is 9.87. The first kappa shape index (κ1) is 16.4. The fourth-order valence-corrected chi connectivity index (χ4v) is 2.19. The maximum absolute atomic E-state index is 5.29. The van der Waals surface area contributed by atoms with Crippen LogP contribution in [0.4, 0.5) is 0 Å². The summed E-state index contributed by atoms with van der Waals surface area (Å²) in [5.74, 6) is 0. The summed E-state index contributed by atoms with van der Waals surface area (Å²) in [6.07, 6.45) is 1.78. The van der Waals surface area contributed by atoms with Crippen molar-refractivity contribution in [3.63, 3.8) is 0 Å². The second-order valence-electron chi connectivity index (χ2n) is 6.30. The van der Waals surface area contributed by atoms with E-state index in [1.165, 1.54) is 11.1 Å². The van der Waals surface area contributed by atoms with Gasteiger partial charge in [0.2, 0.25) is 0 Å². The monoisotopic (exact) mass is 313 g/mol. The molecule has 116 valence electrons. The summed E-state index contributed by atoms with van der Waals surface area (Å²) in [5.41, 5.74) is 3.72. The number of nitrogens with one attached hydrogen (secondary N) is 2. The predicted octanol–water partition coefficient (Wildman–Crippen LogP) is 3.54. The molecule has 0 aliphatic rings. The molecule has 22 heavy (non-hydrogen) atoms. The van der Waals surface area contributed by atoms with E-state index < -0.39 is 0 Å². The van der Waals surface area contributed by atoms with Crippen LogP contribution >= 0.6 is 12.2 Å². The van der Waals surface area contributed by atoms with Gasteiger partial charge in [0.1, 0.15) is 0 Å². The number of hydrogen-bond donors (Lipinski definition) is 2. The van der Waals surface area contributed by atoms with Crippen molar-refractivity contribution in [1.82, 2.24) is 15.6 Å². The average molecular weight is 313 g/mol. The van der Waals surface area contributed by atoms with E-state index >= 15 is 0 Å². The van der Waals surface area contributed by atoms with Crippen LogP contribution in [0.25, 0.3) is 0 Å². The number of thiocarbonyl (C=S) groups is 1. The molecule has 3 nitrogen and oxygen atoms in total. The molecule has 2 aromatic rings. The van der Waals surface area contributed by atoms with Gasteiger partial charge in [-0.05, 0) is 40.9 Å². The van der Waals surface area contributed by atoms with Gasteiger partial charge >= 0.3 is 0 Å². The minimum Gasteiger partial charge on any atom is -0.359 e. The zero-order valence-corrected chi connectivity index (χ0v) is 14.2. The molecular formula is C18H23N3S. The Hall–Kier alpha value is -1.94. The van der Waals surface area contributed by atoms with Gasteiger partial charge in [0.25, 0.3) is 0 Å². The molecule has 0 saturated heterocycles. The van der Waals surface area contributed by atoms with E-state index in [1.54, 1.807) is 6.20 Å². The summed E-state index contributed by atoms with van der Waals surface area (Å²) in [6, 6.07) is 14.5. The summed E-state index contributed by atoms with van der Waals surface area (Å²) in [6.45, 7) is 8.01. The van der Waals surface area contributed by atoms with Crippen molar-refractivity contribution in [2.45, 2.75) is 39.3 Å². The van der Waals surface area contributed by atoms with Crippen LogP contribution in [0.3, 0.4) is 0 Å². The summed E-state index contributed by atoms with van der Waals surface area (Å²) in [7, 11) is 0. The third kappa shape index (κ3) is 5.11. The zero-order valence-electron chi connectivity index (χ0n) is 13.4. The van der Waals surface area contributed by atoms with Gasteiger partial charge in [-0.1, -0.05) is 51.1 Å². The first-order chi connectivity index (χ1) is 10.4. The van der Waals surface area contributed by atoms with Crippen LogP contribution in [0.2, 0.25) is 0 Å². The second kappa shape index (κ2) is 7.36. The van der Waals surface area contributed by atoms with Gasteiger partial charge < -0.3 is 10.6 Å². The highest BCUT2D eigenvalue weighted by Crippen LogP contribution is 2.22. The molecular weight excluding hydrogens is 290 g/mol. The molecule has 2 N–H and O–H groups in total. The highest BCUT2D eigenvalue weighted by molar-refractivity contribution is 7.80. The average Bonchev–Trinajstić information content (AvgIpc) is 2.51. The topological polar surface area (TPSA) is 37.0 Å². The number of pyridine rings is 1.